The van der Waals surface area contributed by atoms with E-state index < -0.39 is 92.2 Å². The van der Waals surface area contributed by atoms with Crippen LogP contribution in [0.3, 0.4) is 0 Å². The summed E-state index contributed by atoms with van der Waals surface area (Å²) in [6.07, 6.45) is -10.8. The van der Waals surface area contributed by atoms with E-state index in [-0.39, 0.29) is 19.4 Å². The highest BCUT2D eigenvalue weighted by Crippen LogP contribution is 2.30. The van der Waals surface area contributed by atoms with Crippen molar-refractivity contribution in [2.75, 3.05) is 13.2 Å². The maximum Gasteiger partial charge on any atom is 0.186 e. The number of hydrogen-bond donors (Lipinski definition) is 10. The number of nitrogens with two attached hydrogens (primary N) is 5. The first-order valence-electron chi connectivity index (χ1n) is 10.8. The molecule has 15 N–H and O–H groups in total. The summed E-state index contributed by atoms with van der Waals surface area (Å²) >= 11 is 0. The van der Waals surface area contributed by atoms with Gasteiger partial charge in [-0.2, -0.15) is 0 Å². The third kappa shape index (κ3) is 5.24. The van der Waals surface area contributed by atoms with Gasteiger partial charge in [-0.05, 0) is 12.8 Å². The van der Waals surface area contributed by atoms with Gasteiger partial charge in [0.15, 0.2) is 12.6 Å². The Balaban J connectivity index is 1.70. The van der Waals surface area contributed by atoms with Crippen molar-refractivity contribution in [2.45, 2.75) is 98.4 Å². The fourth-order valence-corrected chi connectivity index (χ4v) is 4.43. The van der Waals surface area contributed by atoms with E-state index in [0.717, 1.165) is 0 Å². The summed E-state index contributed by atoms with van der Waals surface area (Å²) in [6, 6.07) is -3.27. The van der Waals surface area contributed by atoms with E-state index in [2.05, 4.69) is 0 Å². The van der Waals surface area contributed by atoms with E-state index in [0.29, 0.717) is 0 Å². The Morgan fingerprint density at radius 2 is 1.28 bits per heavy atom. The van der Waals surface area contributed by atoms with Crippen LogP contribution < -0.4 is 28.7 Å². The van der Waals surface area contributed by atoms with Gasteiger partial charge in [-0.25, -0.2) is 0 Å². The van der Waals surface area contributed by atoms with Gasteiger partial charge in [-0.1, -0.05) is 0 Å². The minimum absolute atomic E-state index is 0.0542. The molecule has 14 heteroatoms. The van der Waals surface area contributed by atoms with Gasteiger partial charge in [-0.3, -0.25) is 0 Å². The Morgan fingerprint density at radius 3 is 1.84 bits per heavy atom. The molecule has 3 fully saturated rings. The summed E-state index contributed by atoms with van der Waals surface area (Å²) < 4.78 is 22.7. The third-order valence-electron chi connectivity index (χ3n) is 6.41. The lowest BCUT2D eigenvalue weighted by Crippen LogP contribution is -2.68. The van der Waals surface area contributed by atoms with Crippen LogP contribution in [0, 0.1) is 0 Å². The van der Waals surface area contributed by atoms with Crippen LogP contribution in [0.1, 0.15) is 12.8 Å². The van der Waals surface area contributed by atoms with Crippen molar-refractivity contribution in [1.29, 1.82) is 0 Å². The third-order valence-corrected chi connectivity index (χ3v) is 6.41. The van der Waals surface area contributed by atoms with Crippen molar-refractivity contribution < 1.29 is 44.5 Å². The molecule has 1 aliphatic carbocycles. The topological polar surface area (TPSA) is 268 Å². The Labute approximate surface area is 185 Å². The molecule has 3 rings (SSSR count). The maximum absolute atomic E-state index is 11.0. The van der Waals surface area contributed by atoms with Gasteiger partial charge in [0.05, 0.1) is 30.9 Å². The van der Waals surface area contributed by atoms with Crippen LogP contribution in [-0.2, 0) is 18.9 Å². The quantitative estimate of drug-likeness (QED) is 0.174. The van der Waals surface area contributed by atoms with E-state index in [1.807, 2.05) is 0 Å². The average molecular weight is 468 g/mol. The van der Waals surface area contributed by atoms with Gasteiger partial charge in [0.1, 0.15) is 36.6 Å². The molecule has 7 unspecified atom stereocenters. The van der Waals surface area contributed by atoms with E-state index in [9.17, 15) is 25.5 Å². The highest BCUT2D eigenvalue weighted by molar-refractivity contribution is 5.01. The zero-order valence-electron chi connectivity index (χ0n) is 17.7. The summed E-state index contributed by atoms with van der Waals surface area (Å²) in [5.41, 5.74) is 29.8. The molecule has 3 aliphatic rings. The second-order valence-electron chi connectivity index (χ2n) is 8.78. The Morgan fingerprint density at radius 1 is 0.719 bits per heavy atom. The largest absolute Gasteiger partial charge is 0.394 e. The Kier molecular flexibility index (Phi) is 8.79. The smallest absolute Gasteiger partial charge is 0.186 e. The molecule has 1 saturated carbocycles. The van der Waals surface area contributed by atoms with Gasteiger partial charge in [0.25, 0.3) is 0 Å². The van der Waals surface area contributed by atoms with Crippen molar-refractivity contribution in [3.63, 3.8) is 0 Å². The minimum atomic E-state index is -1.44. The highest BCUT2D eigenvalue weighted by Gasteiger charge is 2.50. The normalized spacial score (nSPS) is 52.7. The van der Waals surface area contributed by atoms with Crippen LogP contribution in [0.5, 0.6) is 0 Å². The average Bonchev–Trinajstić information content (AvgIpc) is 2.75. The van der Waals surface area contributed by atoms with E-state index in [1.165, 1.54) is 0 Å². The zero-order chi connectivity index (χ0) is 23.7. The van der Waals surface area contributed by atoms with Crippen molar-refractivity contribution in [1.82, 2.24) is 0 Å². The van der Waals surface area contributed by atoms with Crippen molar-refractivity contribution in [3.05, 3.63) is 0 Å². The number of aliphatic hydroxyl groups is 5. The molecule has 0 aromatic heterocycles. The number of ether oxygens (including phenoxy) is 4. The molecule has 14 atom stereocenters. The molecular formula is C18H37N5O9. The number of rotatable bonds is 6. The summed E-state index contributed by atoms with van der Waals surface area (Å²) in [7, 11) is 0. The lowest BCUT2D eigenvalue weighted by atomic mass is 9.84. The van der Waals surface area contributed by atoms with Crippen LogP contribution in [0.25, 0.3) is 0 Å². The molecular weight excluding hydrogens is 430 g/mol. The lowest BCUT2D eigenvalue weighted by molar-refractivity contribution is -0.314. The van der Waals surface area contributed by atoms with Crippen molar-refractivity contribution in [3.8, 4) is 0 Å². The molecule has 2 heterocycles. The summed E-state index contributed by atoms with van der Waals surface area (Å²) in [4.78, 5) is 0. The second kappa shape index (κ2) is 10.8. The van der Waals surface area contributed by atoms with Crippen LogP contribution in [0.2, 0.25) is 0 Å². The van der Waals surface area contributed by atoms with Crippen LogP contribution >= 0.6 is 0 Å². The summed E-state index contributed by atoms with van der Waals surface area (Å²) in [5.74, 6) is 0. The van der Waals surface area contributed by atoms with E-state index in [1.54, 1.807) is 0 Å². The Bertz CT molecular complexity index is 607. The summed E-state index contributed by atoms with van der Waals surface area (Å²) in [6.45, 7) is -0.499. The van der Waals surface area contributed by atoms with Gasteiger partial charge < -0.3 is 73.1 Å². The van der Waals surface area contributed by atoms with Crippen molar-refractivity contribution in [2.24, 2.45) is 28.7 Å². The van der Waals surface area contributed by atoms with Crippen LogP contribution in [0.15, 0.2) is 0 Å². The lowest BCUT2D eigenvalue weighted by Gasteiger charge is -2.47. The van der Waals surface area contributed by atoms with Gasteiger partial charge in [-0.15, -0.1) is 0 Å². The molecule has 2 aliphatic heterocycles. The molecule has 2 saturated heterocycles. The molecule has 0 aromatic carbocycles. The maximum atomic E-state index is 11.0. The first-order valence-corrected chi connectivity index (χ1v) is 10.8. The van der Waals surface area contributed by atoms with E-state index in [4.69, 9.17) is 47.6 Å². The summed E-state index contributed by atoms with van der Waals surface area (Å²) in [5, 5.41) is 50.7. The van der Waals surface area contributed by atoms with E-state index >= 15 is 0 Å². The zero-order valence-corrected chi connectivity index (χ0v) is 17.7. The van der Waals surface area contributed by atoms with Crippen LogP contribution in [0.4, 0.5) is 0 Å². The van der Waals surface area contributed by atoms with Crippen LogP contribution in [-0.4, -0.2) is 124 Å². The first kappa shape index (κ1) is 26.1. The Hall–Kier alpha value is -0.560. The fraction of sp³-hybridized carbons (Fsp3) is 1.00. The molecule has 188 valence electrons. The number of aliphatic hydroxyl groups excluding tert-OH is 5. The second-order valence-corrected chi connectivity index (χ2v) is 8.78. The molecule has 0 aromatic rings. The first-order chi connectivity index (χ1) is 15.1. The number of hydrogen-bond acceptors (Lipinski definition) is 14. The SMILES string of the molecule is NCC1O[C@H](O[C@@H]2C(N)C[C@@H](N)C(OC3O[C@H](CO)[C@@H](O)C(N)[C@H]3O)C2O)C(N)C[C@@H]1O. The molecule has 0 amide bonds. The molecule has 32 heavy (non-hydrogen) atoms. The molecule has 0 bridgehead atoms. The van der Waals surface area contributed by atoms with Gasteiger partial charge in [0.2, 0.25) is 0 Å². The minimum Gasteiger partial charge on any atom is -0.394 e. The van der Waals surface area contributed by atoms with Gasteiger partial charge in [0, 0.05) is 18.6 Å². The highest BCUT2D eigenvalue weighted by atomic mass is 16.7. The predicted octanol–water partition coefficient (Wildman–Crippen LogP) is -6.30. The predicted molar refractivity (Wildman–Crippen MR) is 108 cm³/mol. The van der Waals surface area contributed by atoms with Crippen molar-refractivity contribution >= 4 is 0 Å². The van der Waals surface area contributed by atoms with Gasteiger partial charge >= 0.3 is 0 Å². The molecule has 0 spiro atoms. The molecule has 14 nitrogen and oxygen atoms in total. The monoisotopic (exact) mass is 467 g/mol. The standard InChI is InChI=1S/C18H37N5O9/c19-3-9-8(25)2-7(22)17(29-9)31-15-5(20)1-6(21)16(14(15)28)32-18-13(27)11(23)12(26)10(4-24)30-18/h5-18,24-28H,1-4,19-23H2/t5?,6-,7?,8+,9?,10-,11?,12-,13-,14?,15-,16?,17-,18?/m1/s1. The molecule has 0 radical (unpaired) electrons. The fourth-order valence-electron chi connectivity index (χ4n) is 4.43.